The molecule has 1 N–H and O–H groups in total. The van der Waals surface area contributed by atoms with Crippen molar-refractivity contribution in [2.24, 2.45) is 0 Å². The van der Waals surface area contributed by atoms with Crippen molar-refractivity contribution in [2.75, 3.05) is 11.9 Å². The Morgan fingerprint density at radius 2 is 2.43 bits per heavy atom. The van der Waals surface area contributed by atoms with Crippen LogP contribution in [0.3, 0.4) is 0 Å². The van der Waals surface area contributed by atoms with Gasteiger partial charge >= 0.3 is 0 Å². The molecule has 0 saturated heterocycles. The third-order valence-corrected chi connectivity index (χ3v) is 1.52. The fourth-order valence-electron chi connectivity index (χ4n) is 1.02. The van der Waals surface area contributed by atoms with E-state index in [9.17, 15) is 4.79 Å². The summed E-state index contributed by atoms with van der Waals surface area (Å²) in [4.78, 5) is 10.8. The van der Waals surface area contributed by atoms with E-state index >= 15 is 0 Å². The molecule has 3 nitrogen and oxygen atoms in total. The van der Waals surface area contributed by atoms with Gasteiger partial charge in [-0.25, -0.2) is 0 Å². The number of carbonyl (C=O) groups is 1. The Morgan fingerprint density at radius 3 is 3.07 bits per heavy atom. The van der Waals surface area contributed by atoms with E-state index < -0.39 is 0 Å². The molecule has 0 fully saturated rings. The topological polar surface area (TPSA) is 38.3 Å². The Bertz CT molecular complexity index is 334. The molecule has 1 rings (SSSR count). The quantitative estimate of drug-likeness (QED) is 0.741. The molecule has 1 aromatic rings. The third-order valence-electron chi connectivity index (χ3n) is 1.52. The van der Waals surface area contributed by atoms with Crippen LogP contribution in [0.2, 0.25) is 0 Å². The molecule has 0 bridgehead atoms. The zero-order valence-electron chi connectivity index (χ0n) is 8.12. The van der Waals surface area contributed by atoms with Crippen molar-refractivity contribution in [2.45, 2.75) is 6.92 Å². The van der Waals surface area contributed by atoms with Gasteiger partial charge in [-0.3, -0.25) is 4.79 Å². The lowest BCUT2D eigenvalue weighted by Crippen LogP contribution is -2.05. The van der Waals surface area contributed by atoms with Gasteiger partial charge in [-0.15, -0.1) is 0 Å². The van der Waals surface area contributed by atoms with Crippen LogP contribution in [-0.4, -0.2) is 12.5 Å². The highest BCUT2D eigenvalue weighted by molar-refractivity contribution is 5.88. The average molecular weight is 191 g/mol. The van der Waals surface area contributed by atoms with E-state index in [0.29, 0.717) is 6.61 Å². The predicted octanol–water partition coefficient (Wildman–Crippen LogP) is 2.21. The maximum atomic E-state index is 10.8. The number of rotatable bonds is 4. The molecule has 0 radical (unpaired) electrons. The van der Waals surface area contributed by atoms with Crippen LogP contribution in [0.1, 0.15) is 6.92 Å². The standard InChI is InChI=1S/C11H13NO2/c1-3-7-14-11-6-4-5-10(8-11)12-9(2)13/h3-6,8H,1,7H2,2H3,(H,12,13). The third kappa shape index (κ3) is 3.31. The average Bonchev–Trinajstić information content (AvgIpc) is 2.14. The maximum absolute atomic E-state index is 10.8. The summed E-state index contributed by atoms with van der Waals surface area (Å²) in [6.45, 7) is 5.48. The van der Waals surface area contributed by atoms with Gasteiger partial charge < -0.3 is 10.1 Å². The van der Waals surface area contributed by atoms with E-state index in [0.717, 1.165) is 11.4 Å². The number of ether oxygens (including phenoxy) is 1. The van der Waals surface area contributed by atoms with Crippen molar-refractivity contribution < 1.29 is 9.53 Å². The molecule has 0 aliphatic heterocycles. The SMILES string of the molecule is C=CCOc1cccc(NC(C)=O)c1. The zero-order chi connectivity index (χ0) is 10.4. The van der Waals surface area contributed by atoms with Crippen molar-refractivity contribution in [1.29, 1.82) is 0 Å². The fourth-order valence-corrected chi connectivity index (χ4v) is 1.02. The van der Waals surface area contributed by atoms with Crippen LogP contribution in [0.4, 0.5) is 5.69 Å². The highest BCUT2D eigenvalue weighted by Gasteiger charge is 1.97. The monoisotopic (exact) mass is 191 g/mol. The molecule has 0 heterocycles. The first-order chi connectivity index (χ1) is 6.72. The van der Waals surface area contributed by atoms with Gasteiger partial charge in [0.25, 0.3) is 0 Å². The van der Waals surface area contributed by atoms with Gasteiger partial charge in [-0.2, -0.15) is 0 Å². The molecule has 14 heavy (non-hydrogen) atoms. The Labute approximate surface area is 83.4 Å². The van der Waals surface area contributed by atoms with Gasteiger partial charge in [0.05, 0.1) is 0 Å². The van der Waals surface area contributed by atoms with Crippen LogP contribution >= 0.6 is 0 Å². The van der Waals surface area contributed by atoms with Gasteiger partial charge in [0, 0.05) is 18.7 Å². The van der Waals surface area contributed by atoms with Crippen LogP contribution in [-0.2, 0) is 4.79 Å². The second-order valence-corrected chi connectivity index (χ2v) is 2.81. The Morgan fingerprint density at radius 1 is 1.64 bits per heavy atom. The molecule has 0 saturated carbocycles. The number of benzene rings is 1. The molecule has 0 atom stereocenters. The number of carbonyl (C=O) groups excluding carboxylic acids is 1. The fraction of sp³-hybridized carbons (Fsp3) is 0.182. The lowest BCUT2D eigenvalue weighted by atomic mass is 10.3. The van der Waals surface area contributed by atoms with E-state index in [1.807, 2.05) is 18.2 Å². The summed E-state index contributed by atoms with van der Waals surface area (Å²) in [7, 11) is 0. The molecule has 0 unspecified atom stereocenters. The second kappa shape index (κ2) is 5.07. The number of hydrogen-bond donors (Lipinski definition) is 1. The number of amides is 1. The number of hydrogen-bond acceptors (Lipinski definition) is 2. The van der Waals surface area contributed by atoms with Crippen LogP contribution in [0.25, 0.3) is 0 Å². The summed E-state index contributed by atoms with van der Waals surface area (Å²) in [5.41, 5.74) is 0.735. The second-order valence-electron chi connectivity index (χ2n) is 2.81. The van der Waals surface area contributed by atoms with Crippen molar-refractivity contribution >= 4 is 11.6 Å². The molecule has 0 aliphatic carbocycles. The first-order valence-electron chi connectivity index (χ1n) is 4.33. The van der Waals surface area contributed by atoms with Gasteiger partial charge in [0.2, 0.25) is 5.91 Å². The van der Waals surface area contributed by atoms with E-state index in [2.05, 4.69) is 11.9 Å². The molecule has 3 heteroatoms. The first-order valence-corrected chi connectivity index (χ1v) is 4.33. The summed E-state index contributed by atoms with van der Waals surface area (Å²) in [5.74, 6) is 0.627. The van der Waals surface area contributed by atoms with Crippen molar-refractivity contribution in [1.82, 2.24) is 0 Å². The first kappa shape index (κ1) is 10.3. The highest BCUT2D eigenvalue weighted by Crippen LogP contribution is 2.16. The summed E-state index contributed by atoms with van der Waals surface area (Å²) < 4.78 is 5.31. The number of nitrogens with one attached hydrogen (secondary N) is 1. The van der Waals surface area contributed by atoms with E-state index in [4.69, 9.17) is 4.74 Å². The Kier molecular flexibility index (Phi) is 3.73. The van der Waals surface area contributed by atoms with E-state index in [1.54, 1.807) is 12.1 Å². The van der Waals surface area contributed by atoms with Crippen molar-refractivity contribution in [3.8, 4) is 5.75 Å². The molecule has 74 valence electrons. The molecular weight excluding hydrogens is 178 g/mol. The van der Waals surface area contributed by atoms with Crippen molar-refractivity contribution in [3.63, 3.8) is 0 Å². The van der Waals surface area contributed by atoms with Gasteiger partial charge in [0.15, 0.2) is 0 Å². The van der Waals surface area contributed by atoms with Gasteiger partial charge in [-0.1, -0.05) is 18.7 Å². The summed E-state index contributed by atoms with van der Waals surface area (Å²) in [6, 6.07) is 7.23. The molecule has 0 aromatic heterocycles. The molecule has 1 aromatic carbocycles. The Balaban J connectivity index is 2.68. The van der Waals surface area contributed by atoms with Gasteiger partial charge in [-0.05, 0) is 12.1 Å². The smallest absolute Gasteiger partial charge is 0.221 e. The summed E-state index contributed by atoms with van der Waals surface area (Å²) in [5, 5.41) is 2.68. The normalized spacial score (nSPS) is 9.21. The minimum Gasteiger partial charge on any atom is -0.489 e. The summed E-state index contributed by atoms with van der Waals surface area (Å²) >= 11 is 0. The largest absolute Gasteiger partial charge is 0.489 e. The molecular formula is C11H13NO2. The molecule has 0 spiro atoms. The number of anilines is 1. The zero-order valence-corrected chi connectivity index (χ0v) is 8.12. The molecule has 0 aliphatic rings. The van der Waals surface area contributed by atoms with Gasteiger partial charge in [0.1, 0.15) is 12.4 Å². The lowest BCUT2D eigenvalue weighted by Gasteiger charge is -2.05. The predicted molar refractivity (Wildman–Crippen MR) is 56.4 cm³/mol. The molecule has 1 amide bonds. The van der Waals surface area contributed by atoms with E-state index in [1.165, 1.54) is 6.92 Å². The lowest BCUT2D eigenvalue weighted by molar-refractivity contribution is -0.114. The van der Waals surface area contributed by atoms with Crippen LogP contribution < -0.4 is 10.1 Å². The Hall–Kier alpha value is -1.77. The van der Waals surface area contributed by atoms with Crippen molar-refractivity contribution in [3.05, 3.63) is 36.9 Å². The van der Waals surface area contributed by atoms with Crippen LogP contribution in [0.5, 0.6) is 5.75 Å². The van der Waals surface area contributed by atoms with E-state index in [-0.39, 0.29) is 5.91 Å². The minimum atomic E-state index is -0.0918. The van der Waals surface area contributed by atoms with Crippen LogP contribution in [0, 0.1) is 0 Å². The summed E-state index contributed by atoms with van der Waals surface area (Å²) in [6.07, 6.45) is 1.67. The minimum absolute atomic E-state index is 0.0918. The highest BCUT2D eigenvalue weighted by atomic mass is 16.5. The van der Waals surface area contributed by atoms with Crippen LogP contribution in [0.15, 0.2) is 36.9 Å². The maximum Gasteiger partial charge on any atom is 0.221 e.